The Bertz CT molecular complexity index is 348. The summed E-state index contributed by atoms with van der Waals surface area (Å²) in [4.78, 5) is 21.8. The van der Waals surface area contributed by atoms with Gasteiger partial charge in [0.1, 0.15) is 0 Å². The van der Waals surface area contributed by atoms with Crippen LogP contribution in [0.25, 0.3) is 0 Å². The van der Waals surface area contributed by atoms with Crippen molar-refractivity contribution in [3.63, 3.8) is 0 Å². The van der Waals surface area contributed by atoms with Crippen molar-refractivity contribution in [1.29, 1.82) is 0 Å². The van der Waals surface area contributed by atoms with Gasteiger partial charge in [-0.3, -0.25) is 14.8 Å². The van der Waals surface area contributed by atoms with Crippen molar-refractivity contribution in [3.05, 3.63) is 24.3 Å². The molecule has 1 aromatic heterocycles. The van der Waals surface area contributed by atoms with Gasteiger partial charge in [-0.15, -0.1) is 0 Å². The van der Waals surface area contributed by atoms with Gasteiger partial charge in [-0.2, -0.15) is 0 Å². The van der Waals surface area contributed by atoms with Crippen LogP contribution in [-0.2, 0) is 11.3 Å². The zero-order valence-corrected chi connectivity index (χ0v) is 9.39. The maximum Gasteiger partial charge on any atom is 0.239 e. The normalized spacial score (nSPS) is 19.7. The van der Waals surface area contributed by atoms with Crippen molar-refractivity contribution in [2.24, 2.45) is 0 Å². The third-order valence-corrected chi connectivity index (χ3v) is 2.75. The summed E-state index contributed by atoms with van der Waals surface area (Å²) in [7, 11) is 1.80. The lowest BCUT2D eigenvalue weighted by atomic mass is 10.2. The largest absolute Gasteiger partial charge is 0.338 e. The lowest BCUT2D eigenvalue weighted by Gasteiger charge is -2.20. The number of likely N-dealkylation sites (N-methyl/N-ethyl adjacent to an activating group) is 1. The highest BCUT2D eigenvalue weighted by atomic mass is 16.2. The summed E-state index contributed by atoms with van der Waals surface area (Å²) >= 11 is 0. The number of hydrogen-bond acceptors (Lipinski definition) is 4. The van der Waals surface area contributed by atoms with Crippen LogP contribution < -0.4 is 5.32 Å². The molecule has 5 nitrogen and oxygen atoms in total. The fourth-order valence-electron chi connectivity index (χ4n) is 1.89. The molecule has 0 saturated carbocycles. The number of nitrogens with zero attached hydrogens (tertiary/aromatic N) is 3. The molecule has 0 bridgehead atoms. The second-order valence-electron chi connectivity index (χ2n) is 4.04. The molecule has 0 radical (unpaired) electrons. The number of carbonyl (C=O) groups excluding carboxylic acids is 1. The van der Waals surface area contributed by atoms with Crippen LogP contribution in [0.2, 0.25) is 0 Å². The smallest absolute Gasteiger partial charge is 0.239 e. The summed E-state index contributed by atoms with van der Waals surface area (Å²) in [6.45, 7) is 1.46. The monoisotopic (exact) mass is 220 g/mol. The van der Waals surface area contributed by atoms with Crippen LogP contribution in [0.3, 0.4) is 0 Å². The Kier molecular flexibility index (Phi) is 3.46. The van der Waals surface area contributed by atoms with Crippen LogP contribution in [0.5, 0.6) is 0 Å². The van der Waals surface area contributed by atoms with E-state index in [0.717, 1.165) is 25.1 Å². The fourth-order valence-corrected chi connectivity index (χ4v) is 1.89. The Morgan fingerprint density at radius 3 is 3.12 bits per heavy atom. The molecule has 1 N–H and O–H groups in total. The number of hydrogen-bond donors (Lipinski definition) is 1. The van der Waals surface area contributed by atoms with E-state index in [4.69, 9.17) is 0 Å². The minimum atomic E-state index is -0.0123. The van der Waals surface area contributed by atoms with Crippen LogP contribution in [0.4, 0.5) is 0 Å². The van der Waals surface area contributed by atoms with Crippen LogP contribution in [0.15, 0.2) is 18.6 Å². The van der Waals surface area contributed by atoms with E-state index < -0.39 is 0 Å². The van der Waals surface area contributed by atoms with Gasteiger partial charge >= 0.3 is 0 Å². The van der Waals surface area contributed by atoms with Crippen molar-refractivity contribution in [2.45, 2.75) is 25.4 Å². The van der Waals surface area contributed by atoms with Crippen molar-refractivity contribution >= 4 is 5.91 Å². The molecule has 1 fully saturated rings. The first-order valence-corrected chi connectivity index (χ1v) is 5.50. The van der Waals surface area contributed by atoms with Crippen LogP contribution in [0.1, 0.15) is 18.5 Å². The average Bonchev–Trinajstić information content (AvgIpc) is 2.83. The molecule has 2 rings (SSSR count). The topological polar surface area (TPSA) is 58.1 Å². The molecule has 0 aromatic carbocycles. The highest BCUT2D eigenvalue weighted by Gasteiger charge is 2.24. The zero-order valence-electron chi connectivity index (χ0n) is 9.39. The molecule has 1 amide bonds. The molecule has 1 atom stereocenters. The van der Waals surface area contributed by atoms with E-state index in [1.807, 2.05) is 0 Å². The lowest BCUT2D eigenvalue weighted by molar-refractivity contribution is -0.132. The minimum absolute atomic E-state index is 0.0123. The Morgan fingerprint density at radius 2 is 2.50 bits per heavy atom. The molecule has 2 heterocycles. The van der Waals surface area contributed by atoms with Crippen LogP contribution >= 0.6 is 0 Å². The molecule has 0 aliphatic carbocycles. The highest BCUT2D eigenvalue weighted by molar-refractivity contribution is 5.81. The molecule has 1 saturated heterocycles. The summed E-state index contributed by atoms with van der Waals surface area (Å²) in [5.41, 5.74) is 0.816. The van der Waals surface area contributed by atoms with E-state index in [-0.39, 0.29) is 11.9 Å². The van der Waals surface area contributed by atoms with Gasteiger partial charge in [0, 0.05) is 19.4 Å². The Balaban J connectivity index is 1.92. The highest BCUT2D eigenvalue weighted by Crippen LogP contribution is 2.09. The molecular weight excluding hydrogens is 204 g/mol. The van der Waals surface area contributed by atoms with Gasteiger partial charge in [0.05, 0.1) is 24.5 Å². The van der Waals surface area contributed by atoms with E-state index >= 15 is 0 Å². The Labute approximate surface area is 94.9 Å². The van der Waals surface area contributed by atoms with Crippen molar-refractivity contribution in [1.82, 2.24) is 20.2 Å². The number of carbonyl (C=O) groups is 1. The Morgan fingerprint density at radius 1 is 1.62 bits per heavy atom. The van der Waals surface area contributed by atoms with Gasteiger partial charge in [-0.1, -0.05) is 0 Å². The van der Waals surface area contributed by atoms with Gasteiger partial charge in [-0.05, 0) is 19.4 Å². The summed E-state index contributed by atoms with van der Waals surface area (Å²) in [6.07, 6.45) is 6.97. The standard InChI is InChI=1S/C11H16N4O/c1-15(8-9-7-12-5-6-13-9)11(16)10-3-2-4-14-10/h5-7,10,14H,2-4,8H2,1H3. The molecule has 5 heteroatoms. The van der Waals surface area contributed by atoms with E-state index in [9.17, 15) is 4.79 Å². The number of amides is 1. The van der Waals surface area contributed by atoms with Gasteiger partial charge in [0.2, 0.25) is 5.91 Å². The summed E-state index contributed by atoms with van der Waals surface area (Å²) in [5.74, 6) is 0.142. The number of rotatable bonds is 3. The fraction of sp³-hybridized carbons (Fsp3) is 0.545. The first-order valence-electron chi connectivity index (χ1n) is 5.50. The lowest BCUT2D eigenvalue weighted by Crippen LogP contribution is -2.41. The average molecular weight is 220 g/mol. The first-order chi connectivity index (χ1) is 7.77. The molecule has 86 valence electrons. The van der Waals surface area contributed by atoms with Gasteiger partial charge in [0.15, 0.2) is 0 Å². The predicted molar refractivity (Wildman–Crippen MR) is 59.5 cm³/mol. The van der Waals surface area contributed by atoms with Crippen molar-refractivity contribution in [3.8, 4) is 0 Å². The molecule has 1 unspecified atom stereocenters. The SMILES string of the molecule is CN(Cc1cnccn1)C(=O)C1CCCN1. The second-order valence-corrected chi connectivity index (χ2v) is 4.04. The summed E-state index contributed by atoms with van der Waals surface area (Å²) < 4.78 is 0. The van der Waals surface area contributed by atoms with Crippen molar-refractivity contribution < 1.29 is 4.79 Å². The van der Waals surface area contributed by atoms with E-state index in [2.05, 4.69) is 15.3 Å². The number of nitrogens with one attached hydrogen (secondary N) is 1. The van der Waals surface area contributed by atoms with E-state index in [0.29, 0.717) is 6.54 Å². The quantitative estimate of drug-likeness (QED) is 0.790. The first kappa shape index (κ1) is 11.0. The summed E-state index contributed by atoms with van der Waals surface area (Å²) in [5, 5.41) is 3.20. The number of aromatic nitrogens is 2. The van der Waals surface area contributed by atoms with Gasteiger partial charge in [-0.25, -0.2) is 0 Å². The second kappa shape index (κ2) is 5.03. The maximum absolute atomic E-state index is 12.0. The molecule has 16 heavy (non-hydrogen) atoms. The molecule has 1 aromatic rings. The maximum atomic E-state index is 12.0. The molecule has 1 aliphatic heterocycles. The van der Waals surface area contributed by atoms with Gasteiger partial charge < -0.3 is 10.2 Å². The van der Waals surface area contributed by atoms with Crippen LogP contribution in [0, 0.1) is 0 Å². The minimum Gasteiger partial charge on any atom is -0.338 e. The van der Waals surface area contributed by atoms with Gasteiger partial charge in [0.25, 0.3) is 0 Å². The molecular formula is C11H16N4O. The van der Waals surface area contributed by atoms with Crippen molar-refractivity contribution in [2.75, 3.05) is 13.6 Å². The van der Waals surface area contributed by atoms with E-state index in [1.54, 1.807) is 30.5 Å². The zero-order chi connectivity index (χ0) is 11.4. The molecule has 1 aliphatic rings. The van der Waals surface area contributed by atoms with Crippen LogP contribution in [-0.4, -0.2) is 40.4 Å². The predicted octanol–water partition coefficient (Wildman–Crippen LogP) is 0.187. The Hall–Kier alpha value is -1.49. The summed E-state index contributed by atoms with van der Waals surface area (Å²) in [6, 6.07) is -0.0123. The third-order valence-electron chi connectivity index (χ3n) is 2.75. The van der Waals surface area contributed by atoms with E-state index in [1.165, 1.54) is 0 Å². The molecule has 0 spiro atoms. The third kappa shape index (κ3) is 2.55.